The van der Waals surface area contributed by atoms with Crippen LogP contribution >= 0.6 is 34.8 Å². The highest BCUT2D eigenvalue weighted by Gasteiger charge is 2.11. The van der Waals surface area contributed by atoms with Crippen LogP contribution in [0.2, 0.25) is 15.1 Å². The number of aryl methyl sites for hydroxylation is 1. The predicted molar refractivity (Wildman–Crippen MR) is 78.7 cm³/mol. The molecule has 0 fully saturated rings. The molecule has 1 atom stereocenters. The number of hydrogen-bond acceptors (Lipinski definition) is 1. The zero-order valence-corrected chi connectivity index (χ0v) is 12.0. The Balaban J connectivity index is 2.37. The van der Waals surface area contributed by atoms with E-state index in [1.807, 2.05) is 31.2 Å². The van der Waals surface area contributed by atoms with Gasteiger partial charge in [-0.2, -0.15) is 0 Å². The number of halogens is 3. The van der Waals surface area contributed by atoms with Crippen molar-refractivity contribution < 1.29 is 0 Å². The minimum atomic E-state index is -0.240. The Labute approximate surface area is 121 Å². The van der Waals surface area contributed by atoms with Gasteiger partial charge in [-0.25, -0.2) is 0 Å². The van der Waals surface area contributed by atoms with E-state index in [0.717, 1.165) is 21.7 Å². The summed E-state index contributed by atoms with van der Waals surface area (Å²) in [6.45, 7) is 1.95. The second-order valence-electron chi connectivity index (χ2n) is 4.16. The fourth-order valence-electron chi connectivity index (χ4n) is 1.76. The van der Waals surface area contributed by atoms with Crippen LogP contribution in [0.4, 0.5) is 0 Å². The van der Waals surface area contributed by atoms with Crippen LogP contribution in [0.5, 0.6) is 0 Å². The summed E-state index contributed by atoms with van der Waals surface area (Å²) in [5, 5.41) is 1.77. The van der Waals surface area contributed by atoms with Crippen molar-refractivity contribution in [3.63, 3.8) is 0 Å². The lowest BCUT2D eigenvalue weighted by Crippen LogP contribution is -2.12. The average Bonchev–Trinajstić information content (AvgIpc) is 2.35. The van der Waals surface area contributed by atoms with E-state index in [0.29, 0.717) is 10.0 Å². The second kappa shape index (κ2) is 5.50. The standard InChI is InChI=1S/C14H12Cl3N/c1-8-6-9(2-4-11(8)15)14(18)10-3-5-12(16)13(17)7-10/h2-7,14H,18H2,1H3. The molecule has 4 heteroatoms. The first-order chi connectivity index (χ1) is 8.49. The molecule has 0 saturated carbocycles. The van der Waals surface area contributed by atoms with Crippen LogP contribution in [0.25, 0.3) is 0 Å². The largest absolute Gasteiger partial charge is 0.320 e. The van der Waals surface area contributed by atoms with Crippen molar-refractivity contribution in [1.29, 1.82) is 0 Å². The van der Waals surface area contributed by atoms with Crippen LogP contribution < -0.4 is 5.73 Å². The summed E-state index contributed by atoms with van der Waals surface area (Å²) in [6.07, 6.45) is 0. The van der Waals surface area contributed by atoms with Gasteiger partial charge in [0.05, 0.1) is 16.1 Å². The van der Waals surface area contributed by atoms with Gasteiger partial charge < -0.3 is 5.73 Å². The van der Waals surface area contributed by atoms with Gasteiger partial charge in [-0.05, 0) is 41.8 Å². The molecule has 18 heavy (non-hydrogen) atoms. The lowest BCUT2D eigenvalue weighted by atomic mass is 9.98. The monoisotopic (exact) mass is 299 g/mol. The van der Waals surface area contributed by atoms with E-state index < -0.39 is 0 Å². The average molecular weight is 301 g/mol. The molecule has 0 aliphatic heterocycles. The van der Waals surface area contributed by atoms with Gasteiger partial charge >= 0.3 is 0 Å². The lowest BCUT2D eigenvalue weighted by Gasteiger charge is -2.14. The van der Waals surface area contributed by atoms with E-state index in [2.05, 4.69) is 0 Å². The van der Waals surface area contributed by atoms with E-state index in [9.17, 15) is 0 Å². The van der Waals surface area contributed by atoms with E-state index in [1.54, 1.807) is 12.1 Å². The maximum absolute atomic E-state index is 6.21. The summed E-state index contributed by atoms with van der Waals surface area (Å²) >= 11 is 17.9. The molecule has 1 nitrogen and oxygen atoms in total. The minimum absolute atomic E-state index is 0.240. The maximum Gasteiger partial charge on any atom is 0.0595 e. The topological polar surface area (TPSA) is 26.0 Å². The van der Waals surface area contributed by atoms with E-state index in [-0.39, 0.29) is 6.04 Å². The molecule has 0 amide bonds. The number of benzene rings is 2. The number of rotatable bonds is 2. The molecule has 0 spiro atoms. The summed E-state index contributed by atoms with van der Waals surface area (Å²) in [5.74, 6) is 0. The molecule has 0 heterocycles. The third-order valence-corrected chi connectivity index (χ3v) is 4.01. The molecule has 2 N–H and O–H groups in total. The van der Waals surface area contributed by atoms with Crippen molar-refractivity contribution in [3.05, 3.63) is 68.2 Å². The summed E-state index contributed by atoms with van der Waals surface area (Å²) in [4.78, 5) is 0. The van der Waals surface area contributed by atoms with Crippen molar-refractivity contribution in [1.82, 2.24) is 0 Å². The van der Waals surface area contributed by atoms with Gasteiger partial charge in [-0.1, -0.05) is 53.0 Å². The Morgan fingerprint density at radius 1 is 0.833 bits per heavy atom. The third kappa shape index (κ3) is 2.81. The quantitative estimate of drug-likeness (QED) is 0.829. The number of nitrogens with two attached hydrogens (primary N) is 1. The molecule has 94 valence electrons. The zero-order chi connectivity index (χ0) is 13.3. The first-order valence-corrected chi connectivity index (χ1v) is 6.59. The molecular formula is C14H12Cl3N. The molecular weight excluding hydrogens is 289 g/mol. The molecule has 2 aromatic carbocycles. The fraction of sp³-hybridized carbons (Fsp3) is 0.143. The molecule has 0 aliphatic rings. The smallest absolute Gasteiger partial charge is 0.0595 e. The second-order valence-corrected chi connectivity index (χ2v) is 5.38. The molecule has 1 unspecified atom stereocenters. The van der Waals surface area contributed by atoms with Gasteiger partial charge in [0.25, 0.3) is 0 Å². The van der Waals surface area contributed by atoms with E-state index in [4.69, 9.17) is 40.5 Å². The van der Waals surface area contributed by atoms with Crippen LogP contribution in [0, 0.1) is 6.92 Å². The third-order valence-electron chi connectivity index (χ3n) is 2.84. The molecule has 2 aromatic rings. The lowest BCUT2D eigenvalue weighted by molar-refractivity contribution is 0.870. The summed E-state index contributed by atoms with van der Waals surface area (Å²) in [7, 11) is 0. The Bertz CT molecular complexity index is 530. The van der Waals surface area contributed by atoms with Crippen molar-refractivity contribution in [3.8, 4) is 0 Å². The Hall–Kier alpha value is -0.730. The van der Waals surface area contributed by atoms with Gasteiger partial charge in [-0.3, -0.25) is 0 Å². The Morgan fingerprint density at radius 2 is 1.39 bits per heavy atom. The minimum Gasteiger partial charge on any atom is -0.320 e. The van der Waals surface area contributed by atoms with Crippen molar-refractivity contribution in [2.45, 2.75) is 13.0 Å². The molecule has 0 aliphatic carbocycles. The fourth-order valence-corrected chi connectivity index (χ4v) is 2.18. The van der Waals surface area contributed by atoms with Crippen LogP contribution in [0.3, 0.4) is 0 Å². The molecule has 0 aromatic heterocycles. The first kappa shape index (κ1) is 13.7. The van der Waals surface area contributed by atoms with Gasteiger partial charge in [0.1, 0.15) is 0 Å². The highest BCUT2D eigenvalue weighted by molar-refractivity contribution is 6.42. The van der Waals surface area contributed by atoms with Crippen LogP contribution in [-0.2, 0) is 0 Å². The summed E-state index contributed by atoms with van der Waals surface area (Å²) in [5.41, 5.74) is 9.13. The normalized spacial score (nSPS) is 12.5. The van der Waals surface area contributed by atoms with Crippen LogP contribution in [-0.4, -0.2) is 0 Å². The highest BCUT2D eigenvalue weighted by Crippen LogP contribution is 2.29. The van der Waals surface area contributed by atoms with Crippen molar-refractivity contribution >= 4 is 34.8 Å². The van der Waals surface area contributed by atoms with Gasteiger partial charge in [-0.15, -0.1) is 0 Å². The van der Waals surface area contributed by atoms with Crippen LogP contribution in [0.1, 0.15) is 22.7 Å². The maximum atomic E-state index is 6.21. The van der Waals surface area contributed by atoms with E-state index >= 15 is 0 Å². The van der Waals surface area contributed by atoms with Crippen molar-refractivity contribution in [2.75, 3.05) is 0 Å². The molecule has 0 radical (unpaired) electrons. The number of hydrogen-bond donors (Lipinski definition) is 1. The van der Waals surface area contributed by atoms with Crippen LogP contribution in [0.15, 0.2) is 36.4 Å². The Morgan fingerprint density at radius 3 is 1.94 bits per heavy atom. The molecule has 2 rings (SSSR count). The first-order valence-electron chi connectivity index (χ1n) is 5.45. The highest BCUT2D eigenvalue weighted by atomic mass is 35.5. The summed E-state index contributed by atoms with van der Waals surface area (Å²) in [6, 6.07) is 10.9. The summed E-state index contributed by atoms with van der Waals surface area (Å²) < 4.78 is 0. The van der Waals surface area contributed by atoms with Crippen molar-refractivity contribution in [2.24, 2.45) is 5.73 Å². The zero-order valence-electron chi connectivity index (χ0n) is 9.75. The SMILES string of the molecule is Cc1cc(C(N)c2ccc(Cl)c(Cl)c2)ccc1Cl. The van der Waals surface area contributed by atoms with Gasteiger partial charge in [0.15, 0.2) is 0 Å². The molecule has 0 saturated heterocycles. The Kier molecular flexibility index (Phi) is 4.18. The van der Waals surface area contributed by atoms with E-state index in [1.165, 1.54) is 0 Å². The van der Waals surface area contributed by atoms with Gasteiger partial charge in [0, 0.05) is 5.02 Å². The van der Waals surface area contributed by atoms with Gasteiger partial charge in [0.2, 0.25) is 0 Å². The molecule has 0 bridgehead atoms. The predicted octanol–water partition coefficient (Wildman–Crippen LogP) is 5.00.